The minimum absolute atomic E-state index is 0.0327. The topological polar surface area (TPSA) is 43.9 Å². The molecule has 0 bridgehead atoms. The Morgan fingerprint density at radius 3 is 2.20 bits per heavy atom. The number of benzene rings is 1. The molecule has 3 aliphatic heterocycles. The van der Waals surface area contributed by atoms with Gasteiger partial charge < -0.3 is 9.80 Å². The fraction of sp³-hybridized carbons (Fsp3) is 0.724. The van der Waals surface area contributed by atoms with Crippen LogP contribution in [0, 0.1) is 35.4 Å². The number of anilines is 1. The largest absolute Gasteiger partial charge is 0.364 e. The molecule has 1 aromatic rings. The maximum atomic E-state index is 13.8. The predicted molar refractivity (Wildman–Crippen MR) is 134 cm³/mol. The van der Waals surface area contributed by atoms with E-state index >= 15 is 0 Å². The zero-order valence-electron chi connectivity index (χ0n) is 21.3. The molecule has 2 amide bonds. The molecule has 2 aliphatic carbocycles. The number of nitrogens with zero attached hydrogens (tertiary/aromatic N) is 3. The molecule has 35 heavy (non-hydrogen) atoms. The van der Waals surface area contributed by atoms with Crippen LogP contribution in [0.3, 0.4) is 0 Å². The Kier molecular flexibility index (Phi) is 5.94. The molecule has 5 nitrogen and oxygen atoms in total. The number of amides is 2. The van der Waals surface area contributed by atoms with Crippen molar-refractivity contribution < 1.29 is 14.0 Å². The molecule has 1 aromatic carbocycles. The van der Waals surface area contributed by atoms with Gasteiger partial charge in [0, 0.05) is 37.9 Å². The van der Waals surface area contributed by atoms with Crippen molar-refractivity contribution >= 4 is 17.5 Å². The monoisotopic (exact) mass is 481 g/mol. The second-order valence-corrected chi connectivity index (χ2v) is 12.4. The van der Waals surface area contributed by atoms with Crippen LogP contribution in [-0.2, 0) is 9.59 Å². The van der Waals surface area contributed by atoms with Gasteiger partial charge in [0.1, 0.15) is 5.82 Å². The molecule has 0 N–H and O–H groups in total. The van der Waals surface area contributed by atoms with Crippen LogP contribution < -0.4 is 4.90 Å². The molecule has 3 heterocycles. The molecule has 2 saturated carbocycles. The van der Waals surface area contributed by atoms with Crippen LogP contribution in [0.15, 0.2) is 24.3 Å². The molecule has 0 radical (unpaired) electrons. The minimum Gasteiger partial charge on any atom is -0.364 e. The molecular weight excluding hydrogens is 441 g/mol. The molecule has 5 aliphatic rings. The SMILES string of the molecule is CC(C)C1CCC(N2CCC3(CC2)C2C(=O)N(CC4CC4)C(=O)C2CN3c2ccc(F)cc2)CC1. The smallest absolute Gasteiger partial charge is 0.235 e. The summed E-state index contributed by atoms with van der Waals surface area (Å²) in [4.78, 5) is 33.8. The van der Waals surface area contributed by atoms with Gasteiger partial charge in [0.2, 0.25) is 11.8 Å². The van der Waals surface area contributed by atoms with E-state index in [0.717, 1.165) is 56.3 Å². The standard InChI is InChI=1S/C29H40FN3O2/c1-19(2)21-5-9-23(10-6-21)31-15-13-29(14-16-31)26-25(18-33(29)24-11-7-22(30)8-12-24)27(34)32(28(26)35)17-20-3-4-20/h7-8,11-12,19-21,23,25-26H,3-6,9-10,13-18H2,1-2H3. The van der Waals surface area contributed by atoms with E-state index in [1.54, 1.807) is 4.90 Å². The lowest BCUT2D eigenvalue weighted by Gasteiger charge is -2.50. The summed E-state index contributed by atoms with van der Waals surface area (Å²) in [6.07, 6.45) is 9.24. The maximum absolute atomic E-state index is 13.8. The second-order valence-electron chi connectivity index (χ2n) is 12.4. The number of fused-ring (bicyclic) bond motifs is 2. The molecule has 3 saturated heterocycles. The molecule has 5 fully saturated rings. The van der Waals surface area contributed by atoms with Gasteiger partial charge in [-0.15, -0.1) is 0 Å². The Hall–Kier alpha value is -1.95. The summed E-state index contributed by atoms with van der Waals surface area (Å²) in [6, 6.07) is 7.31. The number of piperidine rings is 1. The Morgan fingerprint density at radius 1 is 0.943 bits per heavy atom. The quantitative estimate of drug-likeness (QED) is 0.572. The summed E-state index contributed by atoms with van der Waals surface area (Å²) in [5.41, 5.74) is 0.597. The molecular formula is C29H40FN3O2. The second kappa shape index (κ2) is 8.86. The van der Waals surface area contributed by atoms with Crippen molar-refractivity contribution in [1.29, 1.82) is 0 Å². The first-order valence-electron chi connectivity index (χ1n) is 14.0. The first kappa shape index (κ1) is 23.4. The van der Waals surface area contributed by atoms with E-state index in [4.69, 9.17) is 0 Å². The first-order chi connectivity index (χ1) is 16.9. The fourth-order valence-electron chi connectivity index (χ4n) is 7.84. The predicted octanol–water partition coefficient (Wildman–Crippen LogP) is 4.71. The third-order valence-corrected chi connectivity index (χ3v) is 10.2. The van der Waals surface area contributed by atoms with Gasteiger partial charge in [0.05, 0.1) is 17.4 Å². The third-order valence-electron chi connectivity index (χ3n) is 10.2. The highest BCUT2D eigenvalue weighted by Crippen LogP contribution is 2.52. The lowest BCUT2D eigenvalue weighted by Crippen LogP contribution is -2.59. The molecule has 6 heteroatoms. The number of halogens is 1. The van der Waals surface area contributed by atoms with E-state index in [0.29, 0.717) is 25.0 Å². The van der Waals surface area contributed by atoms with Crippen LogP contribution in [0.5, 0.6) is 0 Å². The van der Waals surface area contributed by atoms with E-state index in [1.807, 2.05) is 12.1 Å². The highest BCUT2D eigenvalue weighted by molar-refractivity contribution is 6.07. The van der Waals surface area contributed by atoms with Gasteiger partial charge in [-0.1, -0.05) is 13.8 Å². The van der Waals surface area contributed by atoms with Crippen molar-refractivity contribution in [2.24, 2.45) is 29.6 Å². The number of carbonyl (C=O) groups is 2. The maximum Gasteiger partial charge on any atom is 0.235 e. The van der Waals surface area contributed by atoms with E-state index in [-0.39, 0.29) is 35.0 Å². The number of carbonyl (C=O) groups excluding carboxylic acids is 2. The number of hydrogen-bond donors (Lipinski definition) is 0. The molecule has 1 spiro atoms. The van der Waals surface area contributed by atoms with Crippen LogP contribution >= 0.6 is 0 Å². The lowest BCUT2D eigenvalue weighted by atomic mass is 9.73. The lowest BCUT2D eigenvalue weighted by molar-refractivity contribution is -0.141. The Morgan fingerprint density at radius 2 is 1.60 bits per heavy atom. The molecule has 190 valence electrons. The average molecular weight is 482 g/mol. The van der Waals surface area contributed by atoms with Crippen molar-refractivity contribution in [1.82, 2.24) is 9.80 Å². The Bertz CT molecular complexity index is 959. The third kappa shape index (κ3) is 4.00. The average Bonchev–Trinajstić information content (AvgIpc) is 3.59. The first-order valence-corrected chi connectivity index (χ1v) is 14.0. The molecule has 0 aromatic heterocycles. The van der Waals surface area contributed by atoms with Gasteiger partial charge in [-0.2, -0.15) is 0 Å². The van der Waals surface area contributed by atoms with E-state index in [1.165, 1.54) is 37.8 Å². The van der Waals surface area contributed by atoms with Crippen LogP contribution in [0.2, 0.25) is 0 Å². The van der Waals surface area contributed by atoms with Gasteiger partial charge in [0.15, 0.2) is 0 Å². The zero-order valence-corrected chi connectivity index (χ0v) is 21.3. The number of imide groups is 1. The highest BCUT2D eigenvalue weighted by atomic mass is 19.1. The molecule has 2 atom stereocenters. The van der Waals surface area contributed by atoms with Crippen molar-refractivity contribution in [3.8, 4) is 0 Å². The number of hydrogen-bond acceptors (Lipinski definition) is 4. The Balaban J connectivity index is 1.24. The van der Waals surface area contributed by atoms with Crippen molar-refractivity contribution in [2.75, 3.05) is 31.1 Å². The summed E-state index contributed by atoms with van der Waals surface area (Å²) in [5.74, 6) is 1.44. The van der Waals surface area contributed by atoms with Crippen LogP contribution in [0.25, 0.3) is 0 Å². The van der Waals surface area contributed by atoms with Crippen molar-refractivity contribution in [2.45, 2.75) is 76.8 Å². The summed E-state index contributed by atoms with van der Waals surface area (Å²) in [6.45, 7) is 7.83. The fourth-order valence-corrected chi connectivity index (χ4v) is 7.84. The van der Waals surface area contributed by atoms with E-state index in [2.05, 4.69) is 23.6 Å². The summed E-state index contributed by atoms with van der Waals surface area (Å²) in [7, 11) is 0. The van der Waals surface area contributed by atoms with Gasteiger partial charge in [-0.05, 0) is 93.4 Å². The zero-order chi connectivity index (χ0) is 24.3. The summed E-state index contributed by atoms with van der Waals surface area (Å²) < 4.78 is 13.7. The van der Waals surface area contributed by atoms with E-state index < -0.39 is 0 Å². The van der Waals surface area contributed by atoms with Gasteiger partial charge in [-0.3, -0.25) is 14.5 Å². The van der Waals surface area contributed by atoms with Crippen LogP contribution in [0.1, 0.15) is 65.2 Å². The normalized spacial score (nSPS) is 33.3. The van der Waals surface area contributed by atoms with Gasteiger partial charge in [-0.25, -0.2) is 4.39 Å². The van der Waals surface area contributed by atoms with Crippen molar-refractivity contribution in [3.05, 3.63) is 30.1 Å². The molecule has 2 unspecified atom stereocenters. The molecule has 6 rings (SSSR count). The minimum atomic E-state index is -0.348. The summed E-state index contributed by atoms with van der Waals surface area (Å²) in [5, 5.41) is 0. The van der Waals surface area contributed by atoms with Gasteiger partial charge in [0.25, 0.3) is 0 Å². The highest BCUT2D eigenvalue weighted by Gasteiger charge is 2.65. The summed E-state index contributed by atoms with van der Waals surface area (Å²) >= 11 is 0. The van der Waals surface area contributed by atoms with Crippen molar-refractivity contribution in [3.63, 3.8) is 0 Å². The van der Waals surface area contributed by atoms with Gasteiger partial charge >= 0.3 is 0 Å². The number of rotatable bonds is 5. The van der Waals surface area contributed by atoms with Crippen LogP contribution in [-0.4, -0.2) is 59.4 Å². The van der Waals surface area contributed by atoms with Crippen LogP contribution in [0.4, 0.5) is 10.1 Å². The number of likely N-dealkylation sites (tertiary alicyclic amines) is 2. The van der Waals surface area contributed by atoms with E-state index in [9.17, 15) is 14.0 Å². The Labute approximate surface area is 209 Å².